The molecule has 0 aromatic carbocycles. The van der Waals surface area contributed by atoms with Crippen LogP contribution in [0.2, 0.25) is 0 Å². The van der Waals surface area contributed by atoms with Gasteiger partial charge in [0.25, 0.3) is 0 Å². The summed E-state index contributed by atoms with van der Waals surface area (Å²) in [7, 11) is 0. The summed E-state index contributed by atoms with van der Waals surface area (Å²) < 4.78 is 5.16. The van der Waals surface area contributed by atoms with Crippen LogP contribution in [0.15, 0.2) is 11.6 Å². The van der Waals surface area contributed by atoms with Crippen LogP contribution >= 0.6 is 0 Å². The number of esters is 1. The van der Waals surface area contributed by atoms with Crippen LogP contribution in [0.1, 0.15) is 65.2 Å². The third-order valence-corrected chi connectivity index (χ3v) is 10.0. The number of aliphatic hydroxyl groups is 3. The maximum Gasteiger partial charge on any atom is 0.331 e. The molecule has 0 saturated heterocycles. The Hall–Kier alpha value is -0.910. The zero-order valence-corrected chi connectivity index (χ0v) is 17.1. The molecule has 3 N–H and O–H groups in total. The molecule has 0 bridgehead atoms. The predicted molar refractivity (Wildman–Crippen MR) is 103 cm³/mol. The molecule has 0 spiro atoms. The molecule has 0 unspecified atom stereocenters. The maximum atomic E-state index is 12.1. The monoisotopic (exact) mass is 390 g/mol. The van der Waals surface area contributed by atoms with E-state index in [1.165, 1.54) is 0 Å². The van der Waals surface area contributed by atoms with Crippen LogP contribution in [0.4, 0.5) is 0 Å². The Morgan fingerprint density at radius 1 is 1.04 bits per heavy atom. The number of hydrogen-bond acceptors (Lipinski definition) is 5. The smallest absolute Gasteiger partial charge is 0.331 e. The van der Waals surface area contributed by atoms with Crippen LogP contribution < -0.4 is 0 Å². The minimum Gasteiger partial charge on any atom is -0.458 e. The normalized spacial score (nSPS) is 55.8. The number of carbonyl (C=O) groups excluding carboxylic acids is 1. The topological polar surface area (TPSA) is 87.0 Å². The van der Waals surface area contributed by atoms with Crippen LogP contribution in [0.5, 0.6) is 0 Å². The van der Waals surface area contributed by atoms with E-state index in [2.05, 4.69) is 6.92 Å². The van der Waals surface area contributed by atoms with Crippen LogP contribution in [-0.4, -0.2) is 45.7 Å². The lowest BCUT2D eigenvalue weighted by molar-refractivity contribution is -0.244. The first-order valence-corrected chi connectivity index (χ1v) is 11.2. The zero-order valence-electron chi connectivity index (χ0n) is 17.1. The molecule has 0 aromatic heterocycles. The Morgan fingerprint density at radius 3 is 2.54 bits per heavy atom. The molecular weight excluding hydrogens is 356 g/mol. The van der Waals surface area contributed by atoms with Crippen molar-refractivity contribution in [3.8, 4) is 0 Å². The standard InChI is InChI=1S/C23H34O5/c1-21-7-5-15(24)10-14(21)3-4-17-18(21)11-19(25)22(2)16(6-8-23(17,22)27)13-9-20(26)28-12-13/h9,14-19,24-25,27H,3-8,10-12H2,1-2H3/t14-,15-,16+,17+,18-,19+,21-,22-,23+/m0/s1. The van der Waals surface area contributed by atoms with Crippen molar-refractivity contribution >= 4 is 5.97 Å². The van der Waals surface area contributed by atoms with Gasteiger partial charge in [0.15, 0.2) is 0 Å². The van der Waals surface area contributed by atoms with Gasteiger partial charge in [-0.2, -0.15) is 0 Å². The molecule has 28 heavy (non-hydrogen) atoms. The van der Waals surface area contributed by atoms with Gasteiger partial charge in [0.2, 0.25) is 0 Å². The number of ether oxygens (including phenoxy) is 1. The molecule has 5 nitrogen and oxygen atoms in total. The lowest BCUT2D eigenvalue weighted by Gasteiger charge is -2.64. The van der Waals surface area contributed by atoms with Crippen molar-refractivity contribution in [1.82, 2.24) is 0 Å². The molecule has 0 radical (unpaired) electrons. The first kappa shape index (κ1) is 19.1. The lowest BCUT2D eigenvalue weighted by atomic mass is 9.42. The molecule has 5 rings (SSSR count). The van der Waals surface area contributed by atoms with Crippen molar-refractivity contribution in [2.45, 2.75) is 83.0 Å². The summed E-state index contributed by atoms with van der Waals surface area (Å²) in [6.45, 7) is 4.69. The van der Waals surface area contributed by atoms with Gasteiger partial charge in [-0.05, 0) is 86.0 Å². The Balaban J connectivity index is 1.51. The SMILES string of the molecule is C[C@]12CC[C@H](O)C[C@@H]1CC[C@@H]1[C@@H]2C[C@@H](O)[C@]2(C)[C@@H](C3=CC(=O)OC3)CC[C@@]12O. The van der Waals surface area contributed by atoms with Gasteiger partial charge in [-0.25, -0.2) is 4.79 Å². The molecule has 4 saturated carbocycles. The number of cyclic esters (lactones) is 1. The van der Waals surface area contributed by atoms with Crippen molar-refractivity contribution in [3.05, 3.63) is 11.6 Å². The summed E-state index contributed by atoms with van der Waals surface area (Å²) in [5.41, 5.74) is -0.507. The second-order valence-electron chi connectivity index (χ2n) is 10.8. The van der Waals surface area contributed by atoms with Crippen LogP contribution in [0.25, 0.3) is 0 Å². The van der Waals surface area contributed by atoms with E-state index in [0.29, 0.717) is 31.3 Å². The third-order valence-electron chi connectivity index (χ3n) is 10.0. The summed E-state index contributed by atoms with van der Waals surface area (Å²) in [5, 5.41) is 33.7. The van der Waals surface area contributed by atoms with E-state index in [1.807, 2.05) is 6.92 Å². The van der Waals surface area contributed by atoms with Crippen LogP contribution in [0, 0.1) is 34.5 Å². The predicted octanol–water partition coefficient (Wildman–Crippen LogP) is 2.58. The average Bonchev–Trinajstić information content (AvgIpc) is 3.19. The van der Waals surface area contributed by atoms with E-state index in [9.17, 15) is 20.1 Å². The minimum atomic E-state index is -0.906. The number of rotatable bonds is 1. The van der Waals surface area contributed by atoms with E-state index >= 15 is 0 Å². The van der Waals surface area contributed by atoms with Gasteiger partial charge in [-0.15, -0.1) is 0 Å². The first-order chi connectivity index (χ1) is 13.2. The molecular formula is C23H34O5. The quantitative estimate of drug-likeness (QED) is 0.599. The highest BCUT2D eigenvalue weighted by molar-refractivity contribution is 5.85. The Labute approximate surface area is 167 Å². The average molecular weight is 391 g/mol. The highest BCUT2D eigenvalue weighted by Gasteiger charge is 2.70. The van der Waals surface area contributed by atoms with Crippen molar-refractivity contribution in [2.75, 3.05) is 6.61 Å². The van der Waals surface area contributed by atoms with Crippen molar-refractivity contribution in [3.63, 3.8) is 0 Å². The van der Waals surface area contributed by atoms with Gasteiger partial charge >= 0.3 is 5.97 Å². The third kappa shape index (κ3) is 2.27. The molecule has 4 aliphatic carbocycles. The second kappa shape index (κ2) is 6.05. The summed E-state index contributed by atoms with van der Waals surface area (Å²) >= 11 is 0. The summed E-state index contributed by atoms with van der Waals surface area (Å²) in [6.07, 6.45) is 7.69. The van der Waals surface area contributed by atoms with E-state index in [0.717, 1.165) is 44.1 Å². The molecule has 0 aromatic rings. The van der Waals surface area contributed by atoms with E-state index in [4.69, 9.17) is 4.74 Å². The van der Waals surface area contributed by atoms with E-state index < -0.39 is 17.1 Å². The van der Waals surface area contributed by atoms with Gasteiger partial charge in [0, 0.05) is 11.5 Å². The molecule has 5 aliphatic rings. The molecule has 1 aliphatic heterocycles. The van der Waals surface area contributed by atoms with Gasteiger partial charge in [0.05, 0.1) is 17.8 Å². The van der Waals surface area contributed by atoms with E-state index in [-0.39, 0.29) is 29.3 Å². The molecule has 0 amide bonds. The highest BCUT2D eigenvalue weighted by atomic mass is 16.5. The number of fused-ring (bicyclic) bond motifs is 5. The largest absolute Gasteiger partial charge is 0.458 e. The number of carbonyl (C=O) groups is 1. The van der Waals surface area contributed by atoms with Gasteiger partial charge in [-0.1, -0.05) is 13.8 Å². The van der Waals surface area contributed by atoms with Gasteiger partial charge in [0.1, 0.15) is 6.61 Å². The Kier molecular flexibility index (Phi) is 4.12. The number of aliphatic hydroxyl groups excluding tert-OH is 2. The first-order valence-electron chi connectivity index (χ1n) is 11.2. The van der Waals surface area contributed by atoms with Crippen molar-refractivity contribution in [1.29, 1.82) is 0 Å². The maximum absolute atomic E-state index is 12.1. The fraction of sp³-hybridized carbons (Fsp3) is 0.870. The zero-order chi connectivity index (χ0) is 19.9. The fourth-order valence-corrected chi connectivity index (χ4v) is 8.37. The lowest BCUT2D eigenvalue weighted by Crippen LogP contribution is -2.67. The van der Waals surface area contributed by atoms with Crippen molar-refractivity contribution < 1.29 is 24.9 Å². The van der Waals surface area contributed by atoms with Gasteiger partial charge in [-0.3, -0.25) is 0 Å². The van der Waals surface area contributed by atoms with E-state index in [1.54, 1.807) is 6.08 Å². The summed E-state index contributed by atoms with van der Waals surface area (Å²) in [6, 6.07) is 0. The molecule has 156 valence electrons. The fourth-order valence-electron chi connectivity index (χ4n) is 8.37. The summed E-state index contributed by atoms with van der Waals surface area (Å²) in [5.74, 6) is 0.657. The molecule has 5 heteroatoms. The minimum absolute atomic E-state index is 0.00129. The molecule has 9 atom stereocenters. The molecule has 1 heterocycles. The van der Waals surface area contributed by atoms with Crippen LogP contribution in [0.3, 0.4) is 0 Å². The van der Waals surface area contributed by atoms with Gasteiger partial charge < -0.3 is 20.1 Å². The summed E-state index contributed by atoms with van der Waals surface area (Å²) in [4.78, 5) is 11.6. The molecule has 4 fully saturated rings. The highest BCUT2D eigenvalue weighted by Crippen LogP contribution is 2.69. The Morgan fingerprint density at radius 2 is 1.82 bits per heavy atom. The van der Waals surface area contributed by atoms with Crippen LogP contribution in [-0.2, 0) is 9.53 Å². The number of hydrogen-bond donors (Lipinski definition) is 3. The second-order valence-corrected chi connectivity index (χ2v) is 10.8. The Bertz CT molecular complexity index is 718. The van der Waals surface area contributed by atoms with Crippen molar-refractivity contribution in [2.24, 2.45) is 34.5 Å².